The van der Waals surface area contributed by atoms with Gasteiger partial charge in [-0.25, -0.2) is 0 Å². The quantitative estimate of drug-likeness (QED) is 0.753. The number of carbonyl (C=O) groups excluding carboxylic acids is 1. The highest BCUT2D eigenvalue weighted by molar-refractivity contribution is 5.76. The van der Waals surface area contributed by atoms with Gasteiger partial charge in [0.2, 0.25) is 5.91 Å². The predicted molar refractivity (Wildman–Crippen MR) is 76.7 cm³/mol. The van der Waals surface area contributed by atoms with Crippen molar-refractivity contribution in [2.45, 2.75) is 64.2 Å². The van der Waals surface area contributed by atoms with Crippen LogP contribution < -0.4 is 5.32 Å². The Kier molecular flexibility index (Phi) is 6.15. The van der Waals surface area contributed by atoms with E-state index in [9.17, 15) is 9.90 Å². The fourth-order valence-corrected chi connectivity index (χ4v) is 3.77. The van der Waals surface area contributed by atoms with Crippen molar-refractivity contribution in [3.05, 3.63) is 0 Å². The first kappa shape index (κ1) is 14.8. The maximum Gasteiger partial charge on any atom is 0.220 e. The SMILES string of the molecule is O=C(CC1CCCCCC1)NCC1CCCC1CO. The summed E-state index contributed by atoms with van der Waals surface area (Å²) in [4.78, 5) is 12.0. The van der Waals surface area contributed by atoms with Gasteiger partial charge in [-0.15, -0.1) is 0 Å². The Morgan fingerprint density at radius 2 is 1.63 bits per heavy atom. The molecule has 0 aromatic carbocycles. The zero-order valence-electron chi connectivity index (χ0n) is 12.1. The summed E-state index contributed by atoms with van der Waals surface area (Å²) in [5.74, 6) is 1.76. The third-order valence-corrected chi connectivity index (χ3v) is 5.06. The molecule has 2 aliphatic carbocycles. The van der Waals surface area contributed by atoms with Gasteiger partial charge in [-0.2, -0.15) is 0 Å². The van der Waals surface area contributed by atoms with Crippen LogP contribution in [0.3, 0.4) is 0 Å². The summed E-state index contributed by atoms with van der Waals surface area (Å²) in [6, 6.07) is 0. The molecule has 0 aromatic rings. The number of amides is 1. The molecule has 0 saturated heterocycles. The molecular weight excluding hydrogens is 238 g/mol. The standard InChI is InChI=1S/C16H29NO2/c18-12-15-9-5-8-14(15)11-17-16(19)10-13-6-3-1-2-4-7-13/h13-15,18H,1-12H2,(H,17,19). The van der Waals surface area contributed by atoms with Gasteiger partial charge >= 0.3 is 0 Å². The summed E-state index contributed by atoms with van der Waals surface area (Å²) in [5, 5.41) is 12.4. The Morgan fingerprint density at radius 3 is 2.32 bits per heavy atom. The fourth-order valence-electron chi connectivity index (χ4n) is 3.77. The van der Waals surface area contributed by atoms with Crippen LogP contribution in [0.2, 0.25) is 0 Å². The molecule has 2 rings (SSSR count). The largest absolute Gasteiger partial charge is 0.396 e. The average molecular weight is 267 g/mol. The summed E-state index contributed by atoms with van der Waals surface area (Å²) >= 11 is 0. The van der Waals surface area contributed by atoms with E-state index in [-0.39, 0.29) is 12.5 Å². The predicted octanol–water partition coefficient (Wildman–Crippen LogP) is 2.87. The molecule has 0 heterocycles. The molecule has 0 aromatic heterocycles. The molecule has 2 unspecified atom stereocenters. The molecule has 2 atom stereocenters. The summed E-state index contributed by atoms with van der Waals surface area (Å²) in [6.07, 6.45) is 12.0. The molecule has 19 heavy (non-hydrogen) atoms. The first-order valence-corrected chi connectivity index (χ1v) is 8.17. The van der Waals surface area contributed by atoms with E-state index in [1.807, 2.05) is 0 Å². The Hall–Kier alpha value is -0.570. The number of carbonyl (C=O) groups is 1. The van der Waals surface area contributed by atoms with Crippen LogP contribution in [0.5, 0.6) is 0 Å². The lowest BCUT2D eigenvalue weighted by atomic mass is 9.95. The molecule has 0 radical (unpaired) electrons. The molecule has 0 spiro atoms. The van der Waals surface area contributed by atoms with Crippen LogP contribution >= 0.6 is 0 Å². The van der Waals surface area contributed by atoms with Gasteiger partial charge in [0.25, 0.3) is 0 Å². The fraction of sp³-hybridized carbons (Fsp3) is 0.938. The molecule has 2 fully saturated rings. The lowest BCUT2D eigenvalue weighted by Gasteiger charge is -2.19. The molecule has 0 bridgehead atoms. The Labute approximate surface area is 117 Å². The highest BCUT2D eigenvalue weighted by atomic mass is 16.3. The van der Waals surface area contributed by atoms with Crippen LogP contribution in [0.15, 0.2) is 0 Å². The highest BCUT2D eigenvalue weighted by Gasteiger charge is 2.27. The Bertz CT molecular complexity index is 272. The van der Waals surface area contributed by atoms with Crippen LogP contribution in [0.1, 0.15) is 64.2 Å². The topological polar surface area (TPSA) is 49.3 Å². The maximum absolute atomic E-state index is 12.0. The van der Waals surface area contributed by atoms with Gasteiger partial charge in [0, 0.05) is 19.6 Å². The van der Waals surface area contributed by atoms with Crippen molar-refractivity contribution in [2.75, 3.05) is 13.2 Å². The van der Waals surface area contributed by atoms with Crippen molar-refractivity contribution < 1.29 is 9.90 Å². The van der Waals surface area contributed by atoms with E-state index in [4.69, 9.17) is 0 Å². The van der Waals surface area contributed by atoms with Gasteiger partial charge in [-0.1, -0.05) is 32.1 Å². The van der Waals surface area contributed by atoms with Crippen LogP contribution in [-0.2, 0) is 4.79 Å². The number of aliphatic hydroxyl groups is 1. The molecule has 2 aliphatic rings. The normalized spacial score (nSPS) is 29.1. The summed E-state index contributed by atoms with van der Waals surface area (Å²) in [5.41, 5.74) is 0. The lowest BCUT2D eigenvalue weighted by Crippen LogP contribution is -2.32. The second-order valence-electron chi connectivity index (χ2n) is 6.50. The first-order valence-electron chi connectivity index (χ1n) is 8.17. The average Bonchev–Trinajstić information content (AvgIpc) is 2.72. The van der Waals surface area contributed by atoms with E-state index >= 15 is 0 Å². The third-order valence-electron chi connectivity index (χ3n) is 5.06. The van der Waals surface area contributed by atoms with Crippen molar-refractivity contribution in [1.29, 1.82) is 0 Å². The zero-order chi connectivity index (χ0) is 13.5. The monoisotopic (exact) mass is 267 g/mol. The van der Waals surface area contributed by atoms with Crippen LogP contribution in [-0.4, -0.2) is 24.2 Å². The number of hydrogen-bond donors (Lipinski definition) is 2. The summed E-state index contributed by atoms with van der Waals surface area (Å²) < 4.78 is 0. The van der Waals surface area contributed by atoms with Gasteiger partial charge in [0.15, 0.2) is 0 Å². The third kappa shape index (κ3) is 4.79. The molecule has 2 saturated carbocycles. The van der Waals surface area contributed by atoms with Crippen molar-refractivity contribution in [3.8, 4) is 0 Å². The Balaban J connectivity index is 1.66. The molecule has 110 valence electrons. The first-order chi connectivity index (χ1) is 9.29. The van der Waals surface area contributed by atoms with Gasteiger partial charge in [0.05, 0.1) is 0 Å². The van der Waals surface area contributed by atoms with E-state index in [1.54, 1.807) is 0 Å². The lowest BCUT2D eigenvalue weighted by molar-refractivity contribution is -0.122. The minimum atomic E-state index is 0.232. The van der Waals surface area contributed by atoms with Crippen molar-refractivity contribution in [2.24, 2.45) is 17.8 Å². The minimum Gasteiger partial charge on any atom is -0.396 e. The van der Waals surface area contributed by atoms with Gasteiger partial charge in [-0.3, -0.25) is 4.79 Å². The van der Waals surface area contributed by atoms with Crippen molar-refractivity contribution in [1.82, 2.24) is 5.32 Å². The van der Waals surface area contributed by atoms with E-state index in [0.717, 1.165) is 25.8 Å². The van der Waals surface area contributed by atoms with Crippen LogP contribution in [0, 0.1) is 17.8 Å². The van der Waals surface area contributed by atoms with Gasteiger partial charge in [0.1, 0.15) is 0 Å². The van der Waals surface area contributed by atoms with E-state index in [2.05, 4.69) is 5.32 Å². The highest BCUT2D eigenvalue weighted by Crippen LogP contribution is 2.31. The summed E-state index contributed by atoms with van der Waals surface area (Å²) in [6.45, 7) is 1.06. The number of rotatable bonds is 5. The van der Waals surface area contributed by atoms with E-state index in [1.165, 1.54) is 44.9 Å². The van der Waals surface area contributed by atoms with Gasteiger partial charge < -0.3 is 10.4 Å². The van der Waals surface area contributed by atoms with E-state index < -0.39 is 0 Å². The molecule has 2 N–H and O–H groups in total. The molecule has 3 nitrogen and oxygen atoms in total. The maximum atomic E-state index is 12.0. The smallest absolute Gasteiger partial charge is 0.220 e. The van der Waals surface area contributed by atoms with Gasteiger partial charge in [-0.05, 0) is 43.4 Å². The second-order valence-corrected chi connectivity index (χ2v) is 6.50. The van der Waals surface area contributed by atoms with E-state index in [0.29, 0.717) is 17.8 Å². The summed E-state index contributed by atoms with van der Waals surface area (Å²) in [7, 11) is 0. The molecular formula is C16H29NO2. The van der Waals surface area contributed by atoms with Crippen LogP contribution in [0.25, 0.3) is 0 Å². The number of aliphatic hydroxyl groups excluding tert-OH is 1. The van der Waals surface area contributed by atoms with Crippen molar-refractivity contribution in [3.63, 3.8) is 0 Å². The van der Waals surface area contributed by atoms with Crippen LogP contribution in [0.4, 0.5) is 0 Å². The molecule has 1 amide bonds. The number of hydrogen-bond acceptors (Lipinski definition) is 2. The molecule has 0 aliphatic heterocycles. The van der Waals surface area contributed by atoms with Crippen molar-refractivity contribution >= 4 is 5.91 Å². The molecule has 3 heteroatoms. The number of nitrogens with one attached hydrogen (secondary N) is 1. The Morgan fingerprint density at radius 1 is 0.947 bits per heavy atom. The zero-order valence-corrected chi connectivity index (χ0v) is 12.1. The second kappa shape index (κ2) is 7.88. The minimum absolute atomic E-state index is 0.232.